The lowest BCUT2D eigenvalue weighted by molar-refractivity contribution is -0.274. The van der Waals surface area contributed by atoms with Gasteiger partial charge in [0.15, 0.2) is 0 Å². The Morgan fingerprint density at radius 3 is 2.62 bits per heavy atom. The first kappa shape index (κ1) is 24.1. The SMILES string of the molecule is COC(=O)c1ccc2c(c1)nc(Cc1cccc(OC(F)(F)F)c1)n2[C@@H]1C[C@H](C)CC(C)(C)C1. The fourth-order valence-corrected chi connectivity index (χ4v) is 5.45. The van der Waals surface area contributed by atoms with E-state index in [1.165, 1.54) is 19.2 Å². The van der Waals surface area contributed by atoms with E-state index in [2.05, 4.69) is 30.1 Å². The maximum atomic E-state index is 12.7. The topological polar surface area (TPSA) is 53.4 Å². The van der Waals surface area contributed by atoms with Gasteiger partial charge >= 0.3 is 12.3 Å². The van der Waals surface area contributed by atoms with Gasteiger partial charge in [-0.2, -0.15) is 0 Å². The highest BCUT2D eigenvalue weighted by Crippen LogP contribution is 2.45. The lowest BCUT2D eigenvalue weighted by Gasteiger charge is -2.40. The molecule has 0 saturated heterocycles. The van der Waals surface area contributed by atoms with E-state index < -0.39 is 12.3 Å². The van der Waals surface area contributed by atoms with Gasteiger partial charge in [0, 0.05) is 12.5 Å². The molecule has 0 spiro atoms. The van der Waals surface area contributed by atoms with Crippen molar-refractivity contribution in [3.8, 4) is 5.75 Å². The van der Waals surface area contributed by atoms with Crippen molar-refractivity contribution in [3.63, 3.8) is 0 Å². The molecule has 3 aromatic rings. The molecule has 182 valence electrons. The van der Waals surface area contributed by atoms with Crippen molar-refractivity contribution in [2.75, 3.05) is 7.11 Å². The standard InChI is InChI=1S/C26H29F3N2O3/c1-16-10-19(15-25(2,3)14-16)31-22-9-8-18(24(32)33-4)13-21(22)30-23(31)12-17-6-5-7-20(11-17)34-26(27,28)29/h5-9,11,13,16,19H,10,12,14-15H2,1-4H3/t16-,19+/m0/s1. The van der Waals surface area contributed by atoms with Crippen LogP contribution in [0.4, 0.5) is 13.2 Å². The Kier molecular flexibility index (Phi) is 6.36. The smallest absolute Gasteiger partial charge is 0.465 e. The number of esters is 1. The number of carbonyl (C=O) groups excluding carboxylic acids is 1. The predicted octanol–water partition coefficient (Wildman–Crippen LogP) is 6.70. The summed E-state index contributed by atoms with van der Waals surface area (Å²) in [4.78, 5) is 16.9. The van der Waals surface area contributed by atoms with Crippen LogP contribution in [0.1, 0.15) is 67.8 Å². The number of benzene rings is 2. The largest absolute Gasteiger partial charge is 0.573 e. The summed E-state index contributed by atoms with van der Waals surface area (Å²) in [6.45, 7) is 6.78. The third kappa shape index (κ3) is 5.37. The molecule has 0 unspecified atom stereocenters. The molecule has 34 heavy (non-hydrogen) atoms. The monoisotopic (exact) mass is 474 g/mol. The molecule has 4 rings (SSSR count). The number of imidazole rings is 1. The molecule has 1 aliphatic carbocycles. The summed E-state index contributed by atoms with van der Waals surface area (Å²) in [6.07, 6.45) is -1.33. The molecule has 1 saturated carbocycles. The Balaban J connectivity index is 1.78. The number of alkyl halides is 3. The van der Waals surface area contributed by atoms with Crippen molar-refractivity contribution in [1.82, 2.24) is 9.55 Å². The van der Waals surface area contributed by atoms with Crippen LogP contribution in [0.15, 0.2) is 42.5 Å². The van der Waals surface area contributed by atoms with E-state index in [4.69, 9.17) is 9.72 Å². The first-order chi connectivity index (χ1) is 15.9. The summed E-state index contributed by atoms with van der Waals surface area (Å²) in [5, 5.41) is 0. The molecule has 1 aliphatic rings. The van der Waals surface area contributed by atoms with Crippen molar-refractivity contribution >= 4 is 17.0 Å². The van der Waals surface area contributed by atoms with E-state index in [0.29, 0.717) is 29.0 Å². The van der Waals surface area contributed by atoms with Gasteiger partial charge in [-0.05, 0) is 66.5 Å². The van der Waals surface area contributed by atoms with Crippen LogP contribution in [0.3, 0.4) is 0 Å². The van der Waals surface area contributed by atoms with Crippen LogP contribution in [0.5, 0.6) is 5.75 Å². The molecule has 1 heterocycles. The fraction of sp³-hybridized carbons (Fsp3) is 0.462. The molecule has 2 atom stereocenters. The number of rotatable bonds is 5. The van der Waals surface area contributed by atoms with Gasteiger partial charge in [0.25, 0.3) is 0 Å². The minimum Gasteiger partial charge on any atom is -0.465 e. The van der Waals surface area contributed by atoms with E-state index in [-0.39, 0.29) is 17.2 Å². The molecule has 8 heteroatoms. The summed E-state index contributed by atoms with van der Waals surface area (Å²) in [5.74, 6) is 0.573. The van der Waals surface area contributed by atoms with Crippen molar-refractivity contribution < 1.29 is 27.4 Å². The van der Waals surface area contributed by atoms with Crippen LogP contribution in [-0.2, 0) is 11.2 Å². The second-order valence-electron chi connectivity index (χ2n) is 10.0. The molecular weight excluding hydrogens is 445 g/mol. The number of halogens is 3. The Morgan fingerprint density at radius 1 is 1.18 bits per heavy atom. The highest BCUT2D eigenvalue weighted by atomic mass is 19.4. The molecule has 0 amide bonds. The zero-order valence-corrected chi connectivity index (χ0v) is 19.8. The van der Waals surface area contributed by atoms with Crippen LogP contribution in [0, 0.1) is 11.3 Å². The molecule has 0 aliphatic heterocycles. The van der Waals surface area contributed by atoms with E-state index in [9.17, 15) is 18.0 Å². The van der Waals surface area contributed by atoms with E-state index in [1.54, 1.807) is 24.3 Å². The van der Waals surface area contributed by atoms with Crippen molar-refractivity contribution in [3.05, 3.63) is 59.4 Å². The predicted molar refractivity (Wildman–Crippen MR) is 123 cm³/mol. The summed E-state index contributed by atoms with van der Waals surface area (Å²) in [7, 11) is 1.33. The van der Waals surface area contributed by atoms with Crippen molar-refractivity contribution in [1.29, 1.82) is 0 Å². The van der Waals surface area contributed by atoms with Crippen LogP contribution >= 0.6 is 0 Å². The molecule has 1 fully saturated rings. The summed E-state index contributed by atoms with van der Waals surface area (Å²) in [5.41, 5.74) is 2.79. The number of aromatic nitrogens is 2. The second kappa shape index (κ2) is 8.96. The summed E-state index contributed by atoms with van der Waals surface area (Å²) >= 11 is 0. The van der Waals surface area contributed by atoms with Crippen LogP contribution in [0.2, 0.25) is 0 Å². The third-order valence-corrected chi connectivity index (χ3v) is 6.41. The van der Waals surface area contributed by atoms with Crippen LogP contribution in [-0.4, -0.2) is 29.0 Å². The van der Waals surface area contributed by atoms with Gasteiger partial charge in [-0.15, -0.1) is 13.2 Å². The zero-order chi connectivity index (χ0) is 24.7. The molecule has 0 radical (unpaired) electrons. The van der Waals surface area contributed by atoms with Gasteiger partial charge in [0.1, 0.15) is 11.6 Å². The number of ether oxygens (including phenoxy) is 2. The van der Waals surface area contributed by atoms with Gasteiger partial charge in [-0.25, -0.2) is 9.78 Å². The molecular formula is C26H29F3N2O3. The molecule has 5 nitrogen and oxygen atoms in total. The maximum absolute atomic E-state index is 12.7. The quantitative estimate of drug-likeness (QED) is 0.386. The van der Waals surface area contributed by atoms with Gasteiger partial charge in [-0.3, -0.25) is 0 Å². The van der Waals surface area contributed by atoms with Crippen LogP contribution < -0.4 is 4.74 Å². The van der Waals surface area contributed by atoms with E-state index in [0.717, 1.165) is 30.6 Å². The number of hydrogen-bond acceptors (Lipinski definition) is 4. The number of carbonyl (C=O) groups is 1. The highest BCUT2D eigenvalue weighted by molar-refractivity contribution is 5.93. The van der Waals surface area contributed by atoms with Gasteiger partial charge in [0.05, 0.1) is 23.7 Å². The Bertz CT molecular complexity index is 1200. The first-order valence-electron chi connectivity index (χ1n) is 11.4. The highest BCUT2D eigenvalue weighted by Gasteiger charge is 2.35. The van der Waals surface area contributed by atoms with E-state index >= 15 is 0 Å². The minimum absolute atomic E-state index is 0.155. The van der Waals surface area contributed by atoms with E-state index in [1.807, 2.05) is 6.07 Å². The number of hydrogen-bond donors (Lipinski definition) is 0. The van der Waals surface area contributed by atoms with Crippen molar-refractivity contribution in [2.24, 2.45) is 11.3 Å². The maximum Gasteiger partial charge on any atom is 0.573 e. The third-order valence-electron chi connectivity index (χ3n) is 6.41. The van der Waals surface area contributed by atoms with Gasteiger partial charge in [-0.1, -0.05) is 32.9 Å². The summed E-state index contributed by atoms with van der Waals surface area (Å²) < 4.78 is 49.3. The Labute approximate surface area is 196 Å². The van der Waals surface area contributed by atoms with Gasteiger partial charge in [0.2, 0.25) is 0 Å². The minimum atomic E-state index is -4.75. The Hall–Kier alpha value is -3.03. The lowest BCUT2D eigenvalue weighted by Crippen LogP contribution is -2.30. The Morgan fingerprint density at radius 2 is 1.94 bits per heavy atom. The zero-order valence-electron chi connectivity index (χ0n) is 19.8. The molecule has 0 N–H and O–H groups in total. The van der Waals surface area contributed by atoms with Crippen LogP contribution in [0.25, 0.3) is 11.0 Å². The molecule has 0 bridgehead atoms. The number of methoxy groups -OCH3 is 1. The van der Waals surface area contributed by atoms with Crippen molar-refractivity contribution in [2.45, 2.75) is 58.9 Å². The van der Waals surface area contributed by atoms with Gasteiger partial charge < -0.3 is 14.0 Å². The average molecular weight is 475 g/mol. The number of fused-ring (bicyclic) bond motifs is 1. The molecule has 1 aromatic heterocycles. The fourth-order valence-electron chi connectivity index (χ4n) is 5.45. The summed E-state index contributed by atoms with van der Waals surface area (Å²) in [6, 6.07) is 11.5. The average Bonchev–Trinajstić information content (AvgIpc) is 3.07. The first-order valence-corrected chi connectivity index (χ1v) is 11.4. The molecule has 2 aromatic carbocycles. The second-order valence-corrected chi connectivity index (χ2v) is 10.0. The normalized spacial score (nSPS) is 20.3. The number of nitrogens with zero attached hydrogens (tertiary/aromatic N) is 2. The lowest BCUT2D eigenvalue weighted by atomic mass is 9.70.